The smallest absolute Gasteiger partial charge is 0.338 e. The van der Waals surface area contributed by atoms with Gasteiger partial charge in [-0.2, -0.15) is 0 Å². The molecule has 0 atom stereocenters. The number of rotatable bonds is 6. The number of fused-ring (bicyclic) bond motifs is 1. The van der Waals surface area contributed by atoms with Gasteiger partial charge in [-0.25, -0.2) is 4.79 Å². The SMILES string of the molecule is CCN(CC)c1ccc2c(NCc3ccccc3N)cc(=O)oc2c1. The van der Waals surface area contributed by atoms with Crippen LogP contribution in [0.4, 0.5) is 17.1 Å². The molecule has 0 fully saturated rings. The van der Waals surface area contributed by atoms with Gasteiger partial charge in [-0.15, -0.1) is 0 Å². The van der Waals surface area contributed by atoms with E-state index >= 15 is 0 Å². The van der Waals surface area contributed by atoms with Crippen LogP contribution < -0.4 is 21.6 Å². The molecule has 0 bridgehead atoms. The largest absolute Gasteiger partial charge is 0.423 e. The summed E-state index contributed by atoms with van der Waals surface area (Å²) in [4.78, 5) is 14.2. The fourth-order valence-corrected chi connectivity index (χ4v) is 2.97. The van der Waals surface area contributed by atoms with Crippen molar-refractivity contribution in [3.8, 4) is 0 Å². The number of hydrogen-bond donors (Lipinski definition) is 2. The van der Waals surface area contributed by atoms with Gasteiger partial charge in [0.1, 0.15) is 5.58 Å². The molecular weight excluding hydrogens is 314 g/mol. The molecule has 1 aromatic heterocycles. The minimum absolute atomic E-state index is 0.368. The average molecular weight is 337 g/mol. The summed E-state index contributed by atoms with van der Waals surface area (Å²) < 4.78 is 5.41. The summed E-state index contributed by atoms with van der Waals surface area (Å²) in [6, 6.07) is 15.1. The molecule has 5 nitrogen and oxygen atoms in total. The monoisotopic (exact) mass is 337 g/mol. The lowest BCUT2D eigenvalue weighted by Gasteiger charge is -2.21. The summed E-state index contributed by atoms with van der Waals surface area (Å²) in [5, 5.41) is 4.19. The molecule has 3 aromatic rings. The molecule has 3 rings (SSSR count). The van der Waals surface area contributed by atoms with Gasteiger partial charge in [0, 0.05) is 48.5 Å². The quantitative estimate of drug-likeness (QED) is 0.528. The Hall–Kier alpha value is -2.95. The molecule has 130 valence electrons. The summed E-state index contributed by atoms with van der Waals surface area (Å²) in [5.41, 5.74) is 9.72. The summed E-state index contributed by atoms with van der Waals surface area (Å²) in [5.74, 6) is 0. The highest BCUT2D eigenvalue weighted by Crippen LogP contribution is 2.27. The molecule has 0 unspecified atom stereocenters. The highest BCUT2D eigenvalue weighted by molar-refractivity contribution is 5.91. The van der Waals surface area contributed by atoms with Crippen molar-refractivity contribution in [2.75, 3.05) is 29.0 Å². The number of benzene rings is 2. The van der Waals surface area contributed by atoms with Crippen LogP contribution in [0.2, 0.25) is 0 Å². The van der Waals surface area contributed by atoms with Crippen molar-refractivity contribution in [3.63, 3.8) is 0 Å². The van der Waals surface area contributed by atoms with Crippen LogP contribution in [0.1, 0.15) is 19.4 Å². The van der Waals surface area contributed by atoms with Crippen LogP contribution in [-0.4, -0.2) is 13.1 Å². The second kappa shape index (κ2) is 7.30. The third-order valence-corrected chi connectivity index (χ3v) is 4.38. The molecule has 25 heavy (non-hydrogen) atoms. The average Bonchev–Trinajstić information content (AvgIpc) is 2.61. The van der Waals surface area contributed by atoms with E-state index in [9.17, 15) is 4.79 Å². The normalized spacial score (nSPS) is 10.8. The van der Waals surface area contributed by atoms with Gasteiger partial charge in [0.15, 0.2) is 0 Å². The van der Waals surface area contributed by atoms with Gasteiger partial charge in [-0.1, -0.05) is 18.2 Å². The maximum atomic E-state index is 12.0. The van der Waals surface area contributed by atoms with Crippen molar-refractivity contribution in [1.29, 1.82) is 0 Å². The topological polar surface area (TPSA) is 71.5 Å². The first-order chi connectivity index (χ1) is 12.1. The van der Waals surface area contributed by atoms with Gasteiger partial charge >= 0.3 is 5.63 Å². The zero-order valence-electron chi connectivity index (χ0n) is 14.6. The first-order valence-electron chi connectivity index (χ1n) is 8.52. The van der Waals surface area contributed by atoms with Gasteiger partial charge in [0.25, 0.3) is 0 Å². The third-order valence-electron chi connectivity index (χ3n) is 4.38. The highest BCUT2D eigenvalue weighted by atomic mass is 16.4. The zero-order valence-corrected chi connectivity index (χ0v) is 14.6. The third kappa shape index (κ3) is 3.60. The molecule has 0 aliphatic carbocycles. The van der Waals surface area contributed by atoms with Crippen molar-refractivity contribution in [2.45, 2.75) is 20.4 Å². The van der Waals surface area contributed by atoms with E-state index in [1.165, 1.54) is 6.07 Å². The molecule has 5 heteroatoms. The van der Waals surface area contributed by atoms with Crippen LogP contribution >= 0.6 is 0 Å². The molecule has 1 heterocycles. The van der Waals surface area contributed by atoms with E-state index in [1.54, 1.807) is 0 Å². The lowest BCUT2D eigenvalue weighted by Crippen LogP contribution is -2.21. The molecule has 0 radical (unpaired) electrons. The Morgan fingerprint density at radius 3 is 2.56 bits per heavy atom. The lowest BCUT2D eigenvalue weighted by molar-refractivity contribution is 0.561. The highest BCUT2D eigenvalue weighted by Gasteiger charge is 2.09. The van der Waals surface area contributed by atoms with Gasteiger partial charge in [-0.05, 0) is 37.6 Å². The molecule has 0 saturated heterocycles. The molecule has 0 saturated carbocycles. The summed E-state index contributed by atoms with van der Waals surface area (Å²) in [6.45, 7) is 6.55. The number of nitrogen functional groups attached to an aromatic ring is 1. The Morgan fingerprint density at radius 1 is 1.08 bits per heavy atom. The van der Waals surface area contributed by atoms with E-state index in [2.05, 4.69) is 30.1 Å². The van der Waals surface area contributed by atoms with Crippen molar-refractivity contribution in [3.05, 3.63) is 64.5 Å². The van der Waals surface area contributed by atoms with Gasteiger partial charge in [-0.3, -0.25) is 0 Å². The predicted molar refractivity (Wildman–Crippen MR) is 104 cm³/mol. The fourth-order valence-electron chi connectivity index (χ4n) is 2.97. The maximum absolute atomic E-state index is 12.0. The van der Waals surface area contributed by atoms with Crippen molar-refractivity contribution >= 4 is 28.0 Å². The van der Waals surface area contributed by atoms with E-state index in [-0.39, 0.29) is 5.63 Å². The Bertz CT molecular complexity index is 930. The Labute approximate surface area is 147 Å². The summed E-state index contributed by atoms with van der Waals surface area (Å²) >= 11 is 0. The van der Waals surface area contributed by atoms with Crippen molar-refractivity contribution < 1.29 is 4.42 Å². The van der Waals surface area contributed by atoms with Crippen molar-refractivity contribution in [2.24, 2.45) is 0 Å². The van der Waals surface area contributed by atoms with Gasteiger partial charge in [0.2, 0.25) is 0 Å². The van der Waals surface area contributed by atoms with E-state index in [0.717, 1.165) is 41.1 Å². The minimum atomic E-state index is -0.368. The van der Waals surface area contributed by atoms with Gasteiger partial charge in [0.05, 0.1) is 5.69 Å². The van der Waals surface area contributed by atoms with Gasteiger partial charge < -0.3 is 20.4 Å². The van der Waals surface area contributed by atoms with Crippen LogP contribution in [0.25, 0.3) is 11.0 Å². The standard InChI is InChI=1S/C20H23N3O2/c1-3-23(4-2)15-9-10-16-18(12-20(24)25-19(16)11-15)22-13-14-7-5-6-8-17(14)21/h5-12,22H,3-4,13,21H2,1-2H3. The Morgan fingerprint density at radius 2 is 1.84 bits per heavy atom. The van der Waals surface area contributed by atoms with E-state index in [4.69, 9.17) is 10.2 Å². The van der Waals surface area contributed by atoms with E-state index in [1.807, 2.05) is 36.4 Å². The van der Waals surface area contributed by atoms with Crippen LogP contribution in [0.3, 0.4) is 0 Å². The van der Waals surface area contributed by atoms with E-state index in [0.29, 0.717) is 12.1 Å². The fraction of sp³-hybridized carbons (Fsp3) is 0.250. The number of para-hydroxylation sites is 1. The Kier molecular flexibility index (Phi) is 4.93. The summed E-state index contributed by atoms with van der Waals surface area (Å²) in [7, 11) is 0. The second-order valence-electron chi connectivity index (χ2n) is 5.88. The summed E-state index contributed by atoms with van der Waals surface area (Å²) in [6.07, 6.45) is 0. The minimum Gasteiger partial charge on any atom is -0.423 e. The molecular formula is C20H23N3O2. The second-order valence-corrected chi connectivity index (χ2v) is 5.88. The maximum Gasteiger partial charge on any atom is 0.338 e. The molecule has 0 amide bonds. The lowest BCUT2D eigenvalue weighted by atomic mass is 10.1. The molecule has 2 aromatic carbocycles. The van der Waals surface area contributed by atoms with E-state index < -0.39 is 0 Å². The number of nitrogens with zero attached hydrogens (tertiary/aromatic N) is 1. The number of nitrogens with one attached hydrogen (secondary N) is 1. The number of nitrogens with two attached hydrogens (primary N) is 1. The number of anilines is 3. The number of hydrogen-bond acceptors (Lipinski definition) is 5. The molecule has 3 N–H and O–H groups in total. The van der Waals surface area contributed by atoms with Crippen molar-refractivity contribution in [1.82, 2.24) is 0 Å². The van der Waals surface area contributed by atoms with Crippen LogP contribution in [0.15, 0.2) is 57.7 Å². The molecule has 0 aliphatic rings. The molecule has 0 spiro atoms. The van der Waals surface area contributed by atoms with Crippen LogP contribution in [0.5, 0.6) is 0 Å². The van der Waals surface area contributed by atoms with Crippen LogP contribution in [0, 0.1) is 0 Å². The predicted octanol–water partition coefficient (Wildman–Crippen LogP) is 3.83. The Balaban J connectivity index is 1.95. The molecule has 0 aliphatic heterocycles. The zero-order chi connectivity index (χ0) is 17.8. The first-order valence-corrected chi connectivity index (χ1v) is 8.52. The van der Waals surface area contributed by atoms with Crippen LogP contribution in [-0.2, 0) is 6.54 Å². The first kappa shape index (κ1) is 16.9.